The van der Waals surface area contributed by atoms with Crippen molar-refractivity contribution in [2.75, 3.05) is 14.2 Å². The van der Waals surface area contributed by atoms with Crippen molar-refractivity contribution >= 4 is 5.97 Å². The van der Waals surface area contributed by atoms with E-state index < -0.39 is 12.0 Å². The number of rotatable bonds is 9. The van der Waals surface area contributed by atoms with Crippen molar-refractivity contribution in [2.24, 2.45) is 5.73 Å². The minimum atomic E-state index is -0.511. The highest BCUT2D eigenvalue weighted by molar-refractivity contribution is 5.68. The number of aromatic nitrogens is 4. The van der Waals surface area contributed by atoms with Gasteiger partial charge in [0, 0.05) is 13.1 Å². The van der Waals surface area contributed by atoms with Crippen molar-refractivity contribution in [3.8, 4) is 11.5 Å². The van der Waals surface area contributed by atoms with Gasteiger partial charge in [0.1, 0.15) is 6.54 Å². The van der Waals surface area contributed by atoms with Gasteiger partial charge < -0.3 is 20.3 Å². The molecule has 0 saturated heterocycles. The Labute approximate surface area is 173 Å². The number of phenols is 1. The molecule has 2 aromatic carbocycles. The van der Waals surface area contributed by atoms with Crippen LogP contribution >= 0.6 is 0 Å². The molecule has 4 N–H and O–H groups in total. The first-order valence-corrected chi connectivity index (χ1v) is 9.26. The number of nitrogens with two attached hydrogens (primary N) is 1. The standard InChI is InChI=1S/C20H24N6O4/c1-29-17-7-6-15(9-16(17)27)19(20-23-24-25-26(20)12-18(28)30-2)22-11-14-5-3-4-13(8-14)10-21/h3-9,19,22,27H,10-12,21H2,1-2H3. The van der Waals surface area contributed by atoms with E-state index in [2.05, 4.69) is 20.8 Å². The zero-order valence-electron chi connectivity index (χ0n) is 16.8. The number of methoxy groups -OCH3 is 2. The van der Waals surface area contributed by atoms with Crippen molar-refractivity contribution in [2.45, 2.75) is 25.7 Å². The second-order valence-electron chi connectivity index (χ2n) is 6.54. The van der Waals surface area contributed by atoms with Gasteiger partial charge in [-0.05, 0) is 39.2 Å². The van der Waals surface area contributed by atoms with Crippen LogP contribution in [0.5, 0.6) is 11.5 Å². The Hall–Kier alpha value is -3.50. The van der Waals surface area contributed by atoms with E-state index in [1.807, 2.05) is 24.3 Å². The van der Waals surface area contributed by atoms with E-state index in [4.69, 9.17) is 15.2 Å². The van der Waals surface area contributed by atoms with Crippen molar-refractivity contribution in [3.63, 3.8) is 0 Å². The van der Waals surface area contributed by atoms with Gasteiger partial charge in [0.25, 0.3) is 0 Å². The predicted molar refractivity (Wildman–Crippen MR) is 108 cm³/mol. The van der Waals surface area contributed by atoms with Crippen LogP contribution in [0.15, 0.2) is 42.5 Å². The van der Waals surface area contributed by atoms with Crippen LogP contribution in [0.2, 0.25) is 0 Å². The van der Waals surface area contributed by atoms with E-state index in [-0.39, 0.29) is 12.3 Å². The number of aromatic hydroxyl groups is 1. The molecule has 0 bridgehead atoms. The SMILES string of the molecule is COC(=O)Cn1nnnc1C(NCc1cccc(CN)c1)c1ccc(OC)c(O)c1. The molecule has 158 valence electrons. The molecule has 1 heterocycles. The third-order valence-corrected chi connectivity index (χ3v) is 4.60. The van der Waals surface area contributed by atoms with Crippen LogP contribution in [0.1, 0.15) is 28.6 Å². The highest BCUT2D eigenvalue weighted by Gasteiger charge is 2.23. The molecule has 10 heteroatoms. The lowest BCUT2D eigenvalue weighted by atomic mass is 10.0. The summed E-state index contributed by atoms with van der Waals surface area (Å²) in [6.07, 6.45) is 0. The number of esters is 1. The molecule has 0 fully saturated rings. The molecular weight excluding hydrogens is 388 g/mol. The molecule has 1 unspecified atom stereocenters. The van der Waals surface area contributed by atoms with Crippen LogP contribution in [0.25, 0.3) is 0 Å². The van der Waals surface area contributed by atoms with Gasteiger partial charge in [-0.25, -0.2) is 4.68 Å². The molecule has 3 rings (SSSR count). The molecule has 1 aromatic heterocycles. The quantitative estimate of drug-likeness (QED) is 0.438. The summed E-state index contributed by atoms with van der Waals surface area (Å²) in [5.41, 5.74) is 8.47. The van der Waals surface area contributed by atoms with E-state index in [0.29, 0.717) is 30.2 Å². The zero-order chi connectivity index (χ0) is 21.5. The van der Waals surface area contributed by atoms with E-state index >= 15 is 0 Å². The molecule has 0 saturated carbocycles. The summed E-state index contributed by atoms with van der Waals surface area (Å²) in [5.74, 6) is 0.261. The fourth-order valence-electron chi connectivity index (χ4n) is 3.05. The van der Waals surface area contributed by atoms with Crippen molar-refractivity contribution in [1.29, 1.82) is 0 Å². The molecule has 1 atom stereocenters. The summed E-state index contributed by atoms with van der Waals surface area (Å²) < 4.78 is 11.2. The fraction of sp³-hybridized carbons (Fsp3) is 0.300. The number of hydrogen-bond acceptors (Lipinski definition) is 9. The van der Waals surface area contributed by atoms with E-state index in [1.165, 1.54) is 18.9 Å². The van der Waals surface area contributed by atoms with Crippen LogP contribution in [-0.2, 0) is 29.2 Å². The largest absolute Gasteiger partial charge is 0.504 e. The lowest BCUT2D eigenvalue weighted by Crippen LogP contribution is -2.27. The summed E-state index contributed by atoms with van der Waals surface area (Å²) in [4.78, 5) is 11.8. The maximum Gasteiger partial charge on any atom is 0.327 e. The molecule has 0 radical (unpaired) electrons. The number of ether oxygens (including phenoxy) is 2. The highest BCUT2D eigenvalue weighted by atomic mass is 16.5. The van der Waals surface area contributed by atoms with Gasteiger partial charge in [-0.15, -0.1) is 5.10 Å². The highest BCUT2D eigenvalue weighted by Crippen LogP contribution is 2.31. The number of phenolic OH excluding ortho intramolecular Hbond substituents is 1. The van der Waals surface area contributed by atoms with Gasteiger partial charge in [0.2, 0.25) is 0 Å². The van der Waals surface area contributed by atoms with E-state index in [0.717, 1.165) is 11.1 Å². The Morgan fingerprint density at radius 1 is 1.23 bits per heavy atom. The topological polar surface area (TPSA) is 137 Å². The average Bonchev–Trinajstić information content (AvgIpc) is 3.21. The van der Waals surface area contributed by atoms with Gasteiger partial charge in [0.05, 0.1) is 20.3 Å². The van der Waals surface area contributed by atoms with Crippen LogP contribution in [0.4, 0.5) is 0 Å². The smallest absolute Gasteiger partial charge is 0.327 e. The van der Waals surface area contributed by atoms with Crippen LogP contribution in [0.3, 0.4) is 0 Å². The van der Waals surface area contributed by atoms with Crippen LogP contribution in [0, 0.1) is 0 Å². The maximum absolute atomic E-state index is 11.8. The predicted octanol–water partition coefficient (Wildman–Crippen LogP) is 0.898. The van der Waals surface area contributed by atoms with Crippen LogP contribution < -0.4 is 15.8 Å². The number of hydrogen-bond donors (Lipinski definition) is 3. The number of tetrazole rings is 1. The Morgan fingerprint density at radius 3 is 2.73 bits per heavy atom. The van der Waals surface area contributed by atoms with Crippen molar-refractivity contribution in [3.05, 3.63) is 65.0 Å². The number of nitrogens with zero attached hydrogens (tertiary/aromatic N) is 4. The Balaban J connectivity index is 1.94. The number of nitrogens with one attached hydrogen (secondary N) is 1. The molecule has 30 heavy (non-hydrogen) atoms. The summed E-state index contributed by atoms with van der Waals surface area (Å²) in [7, 11) is 2.78. The van der Waals surface area contributed by atoms with Crippen molar-refractivity contribution < 1.29 is 19.4 Å². The molecule has 0 aliphatic heterocycles. The molecule has 0 spiro atoms. The van der Waals surface area contributed by atoms with Crippen LogP contribution in [-0.4, -0.2) is 45.5 Å². The van der Waals surface area contributed by atoms with Gasteiger partial charge >= 0.3 is 5.97 Å². The van der Waals surface area contributed by atoms with Gasteiger partial charge in [0.15, 0.2) is 17.3 Å². The number of benzene rings is 2. The maximum atomic E-state index is 11.8. The molecule has 0 aliphatic rings. The summed E-state index contributed by atoms with van der Waals surface area (Å²) in [5, 5.41) is 25.3. The lowest BCUT2D eigenvalue weighted by molar-refractivity contribution is -0.141. The molecule has 10 nitrogen and oxygen atoms in total. The average molecular weight is 412 g/mol. The molecule has 0 aliphatic carbocycles. The normalized spacial score (nSPS) is 11.8. The number of carbonyl (C=O) groups is 1. The third kappa shape index (κ3) is 4.91. The van der Waals surface area contributed by atoms with E-state index in [1.54, 1.807) is 18.2 Å². The second-order valence-corrected chi connectivity index (χ2v) is 6.54. The van der Waals surface area contributed by atoms with Crippen molar-refractivity contribution in [1.82, 2.24) is 25.5 Å². The Morgan fingerprint density at radius 2 is 2.03 bits per heavy atom. The fourth-order valence-corrected chi connectivity index (χ4v) is 3.05. The third-order valence-electron chi connectivity index (χ3n) is 4.60. The second kappa shape index (κ2) is 9.81. The van der Waals surface area contributed by atoms with Gasteiger partial charge in [-0.3, -0.25) is 10.1 Å². The minimum Gasteiger partial charge on any atom is -0.504 e. The summed E-state index contributed by atoms with van der Waals surface area (Å²) in [6.45, 7) is 0.791. The van der Waals surface area contributed by atoms with Gasteiger partial charge in [-0.2, -0.15) is 0 Å². The molecular formula is C20H24N6O4. The minimum absolute atomic E-state index is 0.0149. The lowest BCUT2D eigenvalue weighted by Gasteiger charge is -2.19. The number of carbonyl (C=O) groups excluding carboxylic acids is 1. The first-order chi connectivity index (χ1) is 14.5. The van der Waals surface area contributed by atoms with E-state index in [9.17, 15) is 9.90 Å². The first kappa shape index (κ1) is 21.2. The Kier molecular flexibility index (Phi) is 6.94. The first-order valence-electron chi connectivity index (χ1n) is 9.26. The monoisotopic (exact) mass is 412 g/mol. The zero-order valence-corrected chi connectivity index (χ0v) is 16.8. The summed E-state index contributed by atoms with van der Waals surface area (Å²) in [6, 6.07) is 12.4. The molecule has 3 aromatic rings. The molecule has 0 amide bonds. The van der Waals surface area contributed by atoms with Gasteiger partial charge in [-0.1, -0.05) is 30.3 Å². The summed E-state index contributed by atoms with van der Waals surface area (Å²) >= 11 is 0. The Bertz CT molecular complexity index is 1010.